The molecule has 34 heavy (non-hydrogen) atoms. The van der Waals surface area contributed by atoms with Crippen LogP contribution in [0.25, 0.3) is 11.0 Å². The smallest absolute Gasteiger partial charge is 0.418 e. The predicted molar refractivity (Wildman–Crippen MR) is 110 cm³/mol. The minimum absolute atomic E-state index is 0.164. The Morgan fingerprint density at radius 1 is 1.15 bits per heavy atom. The summed E-state index contributed by atoms with van der Waals surface area (Å²) < 4.78 is 54.8. The molecule has 0 aliphatic carbocycles. The van der Waals surface area contributed by atoms with E-state index in [-0.39, 0.29) is 17.4 Å². The average Bonchev–Trinajstić information content (AvgIpc) is 2.76. The molecule has 1 atom stereocenters. The number of halogens is 3. The van der Waals surface area contributed by atoms with Gasteiger partial charge in [-0.3, -0.25) is 14.9 Å². The molecule has 0 spiro atoms. The van der Waals surface area contributed by atoms with E-state index in [1.54, 1.807) is 6.07 Å². The molecule has 0 fully saturated rings. The third-order valence-corrected chi connectivity index (χ3v) is 4.41. The lowest BCUT2D eigenvalue weighted by molar-refractivity contribution is -0.385. The molecule has 0 bridgehead atoms. The fourth-order valence-corrected chi connectivity index (χ4v) is 2.78. The molecule has 1 amide bonds. The molecule has 3 rings (SSSR count). The first-order valence-electron chi connectivity index (χ1n) is 9.47. The van der Waals surface area contributed by atoms with Crippen molar-refractivity contribution in [1.29, 1.82) is 0 Å². The van der Waals surface area contributed by atoms with E-state index in [9.17, 15) is 37.7 Å². The molecular formula is C21H15F3N2O8. The number of esters is 1. The van der Waals surface area contributed by atoms with Gasteiger partial charge in [0.1, 0.15) is 11.3 Å². The van der Waals surface area contributed by atoms with Crippen LogP contribution in [0.3, 0.4) is 0 Å². The van der Waals surface area contributed by atoms with Gasteiger partial charge in [0, 0.05) is 29.7 Å². The largest absolute Gasteiger partial charge is 0.482 e. The summed E-state index contributed by atoms with van der Waals surface area (Å²) >= 11 is 0. The zero-order chi connectivity index (χ0) is 25.0. The van der Waals surface area contributed by atoms with Gasteiger partial charge in [0.15, 0.2) is 12.7 Å². The van der Waals surface area contributed by atoms with Crippen molar-refractivity contribution < 1.29 is 41.6 Å². The summed E-state index contributed by atoms with van der Waals surface area (Å²) in [4.78, 5) is 45.2. The van der Waals surface area contributed by atoms with Crippen molar-refractivity contribution in [3.8, 4) is 5.75 Å². The van der Waals surface area contributed by atoms with Gasteiger partial charge in [0.2, 0.25) is 0 Å². The van der Waals surface area contributed by atoms with Crippen molar-refractivity contribution in [2.24, 2.45) is 0 Å². The van der Waals surface area contributed by atoms with E-state index in [0.29, 0.717) is 5.39 Å². The number of nitrogens with zero attached hydrogens (tertiary/aromatic N) is 1. The molecule has 3 aromatic rings. The molecule has 0 saturated heterocycles. The Balaban J connectivity index is 1.62. The number of alkyl halides is 3. The first kappa shape index (κ1) is 24.2. The lowest BCUT2D eigenvalue weighted by atomic mass is 10.1. The highest BCUT2D eigenvalue weighted by Gasteiger charge is 2.36. The van der Waals surface area contributed by atoms with E-state index in [0.717, 1.165) is 19.1 Å². The molecule has 13 heteroatoms. The maximum Gasteiger partial charge on any atom is 0.418 e. The maximum absolute atomic E-state index is 13.2. The van der Waals surface area contributed by atoms with Crippen molar-refractivity contribution in [3.63, 3.8) is 0 Å². The standard InChI is InChI=1S/C21H15F3N2O8/c1-11(20(29)25-16-6-4-13(26(30)31)8-15(16)21(22,23)24)33-19(28)10-32-14-5-2-12-3-7-18(27)34-17(12)9-14/h2-9,11H,10H2,1H3,(H,25,29). The monoisotopic (exact) mass is 480 g/mol. The molecule has 1 heterocycles. The molecule has 1 aromatic heterocycles. The van der Waals surface area contributed by atoms with E-state index in [2.05, 4.69) is 0 Å². The second-order valence-electron chi connectivity index (χ2n) is 6.85. The van der Waals surface area contributed by atoms with Gasteiger partial charge < -0.3 is 19.2 Å². The summed E-state index contributed by atoms with van der Waals surface area (Å²) in [6.45, 7) is 0.474. The second kappa shape index (κ2) is 9.60. The van der Waals surface area contributed by atoms with Crippen LogP contribution in [-0.2, 0) is 20.5 Å². The van der Waals surface area contributed by atoms with E-state index in [1.807, 2.05) is 5.32 Å². The number of fused-ring (bicyclic) bond motifs is 1. The van der Waals surface area contributed by atoms with Gasteiger partial charge in [-0.05, 0) is 31.2 Å². The van der Waals surface area contributed by atoms with Gasteiger partial charge in [0.25, 0.3) is 11.6 Å². The normalized spacial score (nSPS) is 12.1. The summed E-state index contributed by atoms with van der Waals surface area (Å²) in [6.07, 6.45) is -6.50. The molecule has 2 aromatic carbocycles. The molecule has 0 radical (unpaired) electrons. The SMILES string of the molecule is CC(OC(=O)COc1ccc2ccc(=O)oc2c1)C(=O)Nc1ccc([N+](=O)[O-])cc1C(F)(F)F. The zero-order valence-electron chi connectivity index (χ0n) is 17.3. The summed E-state index contributed by atoms with van der Waals surface area (Å²) in [5.41, 5.74) is -3.34. The van der Waals surface area contributed by atoms with Gasteiger partial charge >= 0.3 is 17.8 Å². The Kier molecular flexibility index (Phi) is 6.84. The van der Waals surface area contributed by atoms with E-state index < -0.39 is 58.3 Å². The third kappa shape index (κ3) is 5.88. The van der Waals surface area contributed by atoms with Crippen LogP contribution in [0.5, 0.6) is 5.75 Å². The zero-order valence-corrected chi connectivity index (χ0v) is 17.3. The lowest BCUT2D eigenvalue weighted by Crippen LogP contribution is -2.32. The van der Waals surface area contributed by atoms with Crippen LogP contribution in [0.2, 0.25) is 0 Å². The highest BCUT2D eigenvalue weighted by Crippen LogP contribution is 2.37. The van der Waals surface area contributed by atoms with Crippen molar-refractivity contribution >= 4 is 34.2 Å². The number of amides is 1. The van der Waals surface area contributed by atoms with E-state index in [1.165, 1.54) is 24.3 Å². The lowest BCUT2D eigenvalue weighted by Gasteiger charge is -2.17. The van der Waals surface area contributed by atoms with Crippen LogP contribution >= 0.6 is 0 Å². The Morgan fingerprint density at radius 3 is 2.53 bits per heavy atom. The van der Waals surface area contributed by atoms with Gasteiger partial charge in [0.05, 0.1) is 16.2 Å². The second-order valence-corrected chi connectivity index (χ2v) is 6.85. The fraction of sp³-hybridized carbons (Fsp3) is 0.190. The number of anilines is 1. The van der Waals surface area contributed by atoms with Crippen LogP contribution < -0.4 is 15.7 Å². The number of nitro groups is 1. The highest BCUT2D eigenvalue weighted by atomic mass is 19.4. The first-order chi connectivity index (χ1) is 15.9. The van der Waals surface area contributed by atoms with Crippen LogP contribution in [0, 0.1) is 10.1 Å². The molecule has 1 unspecified atom stereocenters. The van der Waals surface area contributed by atoms with Gasteiger partial charge in [-0.1, -0.05) is 0 Å². The number of nitro benzene ring substituents is 1. The summed E-state index contributed by atoms with van der Waals surface area (Å²) in [6, 6.07) is 9.03. The maximum atomic E-state index is 13.2. The minimum atomic E-state index is -4.98. The number of ether oxygens (including phenoxy) is 2. The fourth-order valence-electron chi connectivity index (χ4n) is 2.78. The van der Waals surface area contributed by atoms with Crippen LogP contribution in [0.1, 0.15) is 12.5 Å². The average molecular weight is 480 g/mol. The number of carbonyl (C=O) groups is 2. The molecule has 1 N–H and O–H groups in total. The summed E-state index contributed by atoms with van der Waals surface area (Å²) in [5, 5.41) is 13.3. The molecule has 0 saturated carbocycles. The van der Waals surface area contributed by atoms with Gasteiger partial charge in [-0.2, -0.15) is 13.2 Å². The quantitative estimate of drug-likeness (QED) is 0.234. The number of carbonyl (C=O) groups excluding carboxylic acids is 2. The number of non-ortho nitro benzene ring substituents is 1. The number of nitrogens with one attached hydrogen (secondary N) is 1. The number of hydrogen-bond acceptors (Lipinski definition) is 8. The van der Waals surface area contributed by atoms with Gasteiger partial charge in [-0.15, -0.1) is 0 Å². The molecular weight excluding hydrogens is 465 g/mol. The molecule has 178 valence electrons. The topological polar surface area (TPSA) is 138 Å². The Morgan fingerprint density at radius 2 is 1.85 bits per heavy atom. The number of rotatable bonds is 7. The highest BCUT2D eigenvalue weighted by molar-refractivity contribution is 5.96. The summed E-state index contributed by atoms with van der Waals surface area (Å²) in [7, 11) is 0. The van der Waals surface area contributed by atoms with Crippen LogP contribution in [0.15, 0.2) is 57.7 Å². The molecule has 10 nitrogen and oxygen atoms in total. The van der Waals surface area contributed by atoms with Crippen molar-refractivity contribution in [2.75, 3.05) is 11.9 Å². The van der Waals surface area contributed by atoms with Crippen molar-refractivity contribution in [1.82, 2.24) is 0 Å². The van der Waals surface area contributed by atoms with Crippen molar-refractivity contribution in [2.45, 2.75) is 19.2 Å². The van der Waals surface area contributed by atoms with Crippen molar-refractivity contribution in [3.05, 3.63) is 74.6 Å². The van der Waals surface area contributed by atoms with Crippen LogP contribution in [0.4, 0.5) is 24.5 Å². The number of benzene rings is 2. The molecule has 0 aliphatic heterocycles. The predicted octanol–water partition coefficient (Wildman–Crippen LogP) is 3.67. The van der Waals surface area contributed by atoms with Crippen LogP contribution in [-0.4, -0.2) is 29.5 Å². The first-order valence-corrected chi connectivity index (χ1v) is 9.47. The molecule has 0 aliphatic rings. The van der Waals surface area contributed by atoms with Gasteiger partial charge in [-0.25, -0.2) is 9.59 Å². The Labute approximate surface area is 188 Å². The minimum Gasteiger partial charge on any atom is -0.482 e. The third-order valence-electron chi connectivity index (χ3n) is 4.41. The van der Waals surface area contributed by atoms with E-state index in [4.69, 9.17) is 13.9 Å². The Bertz CT molecular complexity index is 1320. The Hall–Kier alpha value is -4.42. The van der Waals surface area contributed by atoms with E-state index >= 15 is 0 Å². The summed E-state index contributed by atoms with van der Waals surface area (Å²) in [5.74, 6) is -1.94. The number of hydrogen-bond donors (Lipinski definition) is 1.